The van der Waals surface area contributed by atoms with Crippen LogP contribution in [-0.2, 0) is 6.42 Å². The van der Waals surface area contributed by atoms with Gasteiger partial charge in [0.1, 0.15) is 10.7 Å². The van der Waals surface area contributed by atoms with Crippen LogP contribution in [0.15, 0.2) is 23.8 Å². The molecule has 3 aromatic heterocycles. The van der Waals surface area contributed by atoms with Crippen LogP contribution >= 0.6 is 22.7 Å². The number of nitrogens with one attached hydrogen (secondary N) is 2. The summed E-state index contributed by atoms with van der Waals surface area (Å²) in [5.41, 5.74) is 2.20. The molecule has 0 aliphatic carbocycles. The van der Waals surface area contributed by atoms with Crippen LogP contribution < -0.4 is 5.32 Å². The second kappa shape index (κ2) is 5.50. The van der Waals surface area contributed by atoms with Gasteiger partial charge < -0.3 is 10.3 Å². The lowest BCUT2D eigenvalue weighted by atomic mass is 10.2. The first-order chi connectivity index (χ1) is 9.33. The Morgan fingerprint density at radius 3 is 3.05 bits per heavy atom. The molecule has 0 saturated carbocycles. The van der Waals surface area contributed by atoms with Crippen LogP contribution in [0, 0.1) is 6.92 Å². The molecule has 5 nitrogen and oxygen atoms in total. The van der Waals surface area contributed by atoms with Gasteiger partial charge in [0.25, 0.3) is 0 Å². The fourth-order valence-corrected chi connectivity index (χ4v) is 3.17. The van der Waals surface area contributed by atoms with E-state index in [4.69, 9.17) is 0 Å². The number of thiophene rings is 1. The quantitative estimate of drug-likeness (QED) is 0.758. The highest BCUT2D eigenvalue weighted by atomic mass is 32.1. The van der Waals surface area contributed by atoms with Crippen molar-refractivity contribution in [1.29, 1.82) is 0 Å². The molecule has 0 amide bonds. The van der Waals surface area contributed by atoms with Crippen molar-refractivity contribution in [2.75, 3.05) is 11.9 Å². The molecule has 0 atom stereocenters. The summed E-state index contributed by atoms with van der Waals surface area (Å²) in [5, 5.41) is 15.2. The molecule has 3 aromatic rings. The molecule has 98 valence electrons. The second-order valence-electron chi connectivity index (χ2n) is 4.01. The van der Waals surface area contributed by atoms with Gasteiger partial charge in [-0.2, -0.15) is 0 Å². The molecule has 0 bridgehead atoms. The first kappa shape index (κ1) is 12.3. The Morgan fingerprint density at radius 1 is 1.37 bits per heavy atom. The van der Waals surface area contributed by atoms with Gasteiger partial charge in [-0.3, -0.25) is 0 Å². The molecule has 3 rings (SSSR count). The summed E-state index contributed by atoms with van der Waals surface area (Å²) < 4.78 is 0. The Kier molecular flexibility index (Phi) is 3.56. The zero-order valence-corrected chi connectivity index (χ0v) is 12.0. The number of rotatable bonds is 5. The fraction of sp³-hybridized carbons (Fsp3) is 0.250. The van der Waals surface area contributed by atoms with E-state index < -0.39 is 0 Å². The first-order valence-corrected chi connectivity index (χ1v) is 7.62. The van der Waals surface area contributed by atoms with E-state index >= 15 is 0 Å². The lowest BCUT2D eigenvalue weighted by Gasteiger charge is -2.02. The van der Waals surface area contributed by atoms with Crippen molar-refractivity contribution in [3.8, 4) is 10.6 Å². The predicted octanol–water partition coefficient (Wildman–Crippen LogP) is 2.95. The number of aromatic nitrogens is 4. The number of H-pyrrole nitrogens is 1. The van der Waals surface area contributed by atoms with E-state index in [9.17, 15) is 0 Å². The van der Waals surface area contributed by atoms with Gasteiger partial charge in [0.05, 0.1) is 11.2 Å². The molecule has 0 aliphatic rings. The van der Waals surface area contributed by atoms with Gasteiger partial charge in [0.15, 0.2) is 0 Å². The molecule has 0 fully saturated rings. The van der Waals surface area contributed by atoms with Crippen molar-refractivity contribution in [3.63, 3.8) is 0 Å². The maximum Gasteiger partial charge on any atom is 0.205 e. The highest BCUT2D eigenvalue weighted by Gasteiger charge is 2.09. The number of imidazole rings is 1. The minimum absolute atomic E-state index is 0.815. The summed E-state index contributed by atoms with van der Waals surface area (Å²) in [6, 6.07) is 4.13. The van der Waals surface area contributed by atoms with E-state index in [0.717, 1.165) is 34.5 Å². The second-order valence-corrected chi connectivity index (χ2v) is 6.14. The van der Waals surface area contributed by atoms with Crippen molar-refractivity contribution in [1.82, 2.24) is 20.2 Å². The molecule has 19 heavy (non-hydrogen) atoms. The number of nitrogens with zero attached hydrogens (tertiary/aromatic N) is 3. The molecule has 0 aliphatic heterocycles. The molecule has 0 saturated heterocycles. The lowest BCUT2D eigenvalue weighted by molar-refractivity contribution is 0.961. The van der Waals surface area contributed by atoms with Gasteiger partial charge in [-0.1, -0.05) is 17.4 Å². The predicted molar refractivity (Wildman–Crippen MR) is 78.7 cm³/mol. The summed E-state index contributed by atoms with van der Waals surface area (Å²) in [6.45, 7) is 2.77. The Bertz CT molecular complexity index is 641. The summed E-state index contributed by atoms with van der Waals surface area (Å²) in [6.07, 6.45) is 2.63. The average Bonchev–Trinajstić information content (AvgIpc) is 3.09. The van der Waals surface area contributed by atoms with Crippen LogP contribution in [-0.4, -0.2) is 26.7 Å². The monoisotopic (exact) mass is 291 g/mol. The zero-order chi connectivity index (χ0) is 13.1. The first-order valence-electron chi connectivity index (χ1n) is 5.93. The van der Waals surface area contributed by atoms with Crippen LogP contribution in [0.25, 0.3) is 10.6 Å². The lowest BCUT2D eigenvalue weighted by Crippen LogP contribution is -2.05. The van der Waals surface area contributed by atoms with Gasteiger partial charge in [-0.15, -0.1) is 21.5 Å². The Labute approximate surface area is 118 Å². The summed E-state index contributed by atoms with van der Waals surface area (Å²) in [4.78, 5) is 8.80. The van der Waals surface area contributed by atoms with Crippen LogP contribution in [0.1, 0.15) is 10.7 Å². The summed E-state index contributed by atoms with van der Waals surface area (Å²) >= 11 is 3.27. The van der Waals surface area contributed by atoms with Crippen molar-refractivity contribution < 1.29 is 0 Å². The van der Waals surface area contributed by atoms with Crippen molar-refractivity contribution in [3.05, 3.63) is 34.5 Å². The van der Waals surface area contributed by atoms with Crippen molar-refractivity contribution >= 4 is 27.8 Å². The highest BCUT2D eigenvalue weighted by molar-refractivity contribution is 7.15. The van der Waals surface area contributed by atoms with E-state index in [-0.39, 0.29) is 0 Å². The van der Waals surface area contributed by atoms with E-state index in [1.54, 1.807) is 29.0 Å². The molecule has 0 spiro atoms. The number of hydrogen-bond acceptors (Lipinski definition) is 6. The standard InChI is InChI=1S/C12H13N5S2/c1-8-16-17-12(19-8)13-5-4-9-11(15-7-14-9)10-3-2-6-18-10/h2-3,6-7H,4-5H2,1H3,(H,13,17)(H,14,15). The van der Waals surface area contributed by atoms with Gasteiger partial charge in [-0.25, -0.2) is 4.98 Å². The SMILES string of the molecule is Cc1nnc(NCCc2[nH]cnc2-c2cccs2)s1. The van der Waals surface area contributed by atoms with E-state index in [2.05, 4.69) is 36.9 Å². The van der Waals surface area contributed by atoms with E-state index in [0.29, 0.717) is 0 Å². The van der Waals surface area contributed by atoms with Crippen LogP contribution in [0.5, 0.6) is 0 Å². The zero-order valence-electron chi connectivity index (χ0n) is 10.4. The van der Waals surface area contributed by atoms with Crippen LogP contribution in [0.3, 0.4) is 0 Å². The minimum Gasteiger partial charge on any atom is -0.360 e. The topological polar surface area (TPSA) is 66.5 Å². The maximum atomic E-state index is 4.39. The molecule has 3 heterocycles. The largest absolute Gasteiger partial charge is 0.360 e. The van der Waals surface area contributed by atoms with Gasteiger partial charge in [0, 0.05) is 18.7 Å². The number of anilines is 1. The van der Waals surface area contributed by atoms with E-state index in [1.807, 2.05) is 13.0 Å². The molecule has 7 heteroatoms. The summed E-state index contributed by atoms with van der Waals surface area (Å²) in [7, 11) is 0. The molecular formula is C12H13N5S2. The van der Waals surface area contributed by atoms with E-state index in [1.165, 1.54) is 4.88 Å². The van der Waals surface area contributed by atoms with Crippen LogP contribution in [0.2, 0.25) is 0 Å². The number of aromatic amines is 1. The van der Waals surface area contributed by atoms with Gasteiger partial charge in [0.2, 0.25) is 5.13 Å². The summed E-state index contributed by atoms with van der Waals surface area (Å²) in [5.74, 6) is 0. The van der Waals surface area contributed by atoms with Gasteiger partial charge in [-0.05, 0) is 18.4 Å². The number of hydrogen-bond donors (Lipinski definition) is 2. The molecule has 0 radical (unpaired) electrons. The normalized spacial score (nSPS) is 10.8. The van der Waals surface area contributed by atoms with Crippen LogP contribution in [0.4, 0.5) is 5.13 Å². The Hall–Kier alpha value is -1.73. The van der Waals surface area contributed by atoms with Crippen molar-refractivity contribution in [2.24, 2.45) is 0 Å². The third-order valence-corrected chi connectivity index (χ3v) is 4.32. The number of aryl methyl sites for hydroxylation is 1. The Morgan fingerprint density at radius 2 is 2.32 bits per heavy atom. The van der Waals surface area contributed by atoms with Crippen molar-refractivity contribution in [2.45, 2.75) is 13.3 Å². The molecule has 0 aromatic carbocycles. The average molecular weight is 291 g/mol. The minimum atomic E-state index is 0.815. The molecule has 0 unspecified atom stereocenters. The smallest absolute Gasteiger partial charge is 0.205 e. The maximum absolute atomic E-state index is 4.39. The fourth-order valence-electron chi connectivity index (χ4n) is 1.80. The Balaban J connectivity index is 1.63. The highest BCUT2D eigenvalue weighted by Crippen LogP contribution is 2.25. The third kappa shape index (κ3) is 2.82. The van der Waals surface area contributed by atoms with Gasteiger partial charge >= 0.3 is 0 Å². The third-order valence-electron chi connectivity index (χ3n) is 2.65. The molecule has 2 N–H and O–H groups in total. The molecular weight excluding hydrogens is 278 g/mol.